The van der Waals surface area contributed by atoms with Gasteiger partial charge in [0.1, 0.15) is 0 Å². The zero-order valence-corrected chi connectivity index (χ0v) is 10.3. The number of halogens is 1. The van der Waals surface area contributed by atoms with Crippen LogP contribution in [0.2, 0.25) is 5.02 Å². The molecule has 1 heterocycles. The first kappa shape index (κ1) is 10.7. The summed E-state index contributed by atoms with van der Waals surface area (Å²) in [5.74, 6) is 0. The molecule has 0 spiro atoms. The molecule has 0 bridgehead atoms. The van der Waals surface area contributed by atoms with E-state index in [4.69, 9.17) is 11.6 Å². The van der Waals surface area contributed by atoms with Crippen molar-refractivity contribution >= 4 is 17.3 Å². The number of nitrogens with zero attached hydrogens (tertiary/aromatic N) is 1. The van der Waals surface area contributed by atoms with Crippen LogP contribution in [-0.2, 0) is 13.0 Å². The van der Waals surface area contributed by atoms with E-state index in [0.717, 1.165) is 30.2 Å². The van der Waals surface area contributed by atoms with Crippen LogP contribution in [0.3, 0.4) is 0 Å². The van der Waals surface area contributed by atoms with Gasteiger partial charge >= 0.3 is 0 Å². The minimum absolute atomic E-state index is 0.840. The maximum atomic E-state index is 6.24. The number of para-hydroxylation sites is 1. The molecule has 0 unspecified atom stereocenters. The maximum absolute atomic E-state index is 6.24. The number of hydrogen-bond donors (Lipinski definition) is 0. The van der Waals surface area contributed by atoms with Crippen LogP contribution in [0.1, 0.15) is 11.1 Å². The Morgan fingerprint density at radius 2 is 1.59 bits per heavy atom. The van der Waals surface area contributed by atoms with Crippen LogP contribution in [0.15, 0.2) is 48.5 Å². The highest BCUT2D eigenvalue weighted by atomic mass is 35.5. The summed E-state index contributed by atoms with van der Waals surface area (Å²) in [5, 5.41) is 0.840. The van der Waals surface area contributed by atoms with E-state index in [2.05, 4.69) is 35.2 Å². The molecule has 0 N–H and O–H groups in total. The van der Waals surface area contributed by atoms with Crippen LogP contribution in [0.4, 0.5) is 5.69 Å². The molecule has 2 aromatic carbocycles. The Labute approximate surface area is 107 Å². The van der Waals surface area contributed by atoms with Crippen LogP contribution < -0.4 is 4.90 Å². The molecule has 1 aliphatic heterocycles. The Hall–Kier alpha value is -1.47. The van der Waals surface area contributed by atoms with Crippen LogP contribution in [0, 0.1) is 0 Å². The molecule has 0 saturated carbocycles. The molecule has 3 rings (SSSR count). The van der Waals surface area contributed by atoms with Crippen molar-refractivity contribution in [1.82, 2.24) is 0 Å². The van der Waals surface area contributed by atoms with Crippen molar-refractivity contribution in [3.63, 3.8) is 0 Å². The highest BCUT2D eigenvalue weighted by molar-refractivity contribution is 6.33. The van der Waals surface area contributed by atoms with Gasteiger partial charge in [-0.1, -0.05) is 48.0 Å². The standard InChI is InChI=1S/C15H14ClN/c16-14-7-3-4-8-15(14)17-10-9-12-5-1-2-6-13(12)11-17/h1-8H,9-11H2. The lowest BCUT2D eigenvalue weighted by molar-refractivity contribution is 0.732. The molecule has 2 aromatic rings. The summed E-state index contributed by atoms with van der Waals surface area (Å²) in [6, 6.07) is 16.7. The average Bonchev–Trinajstić information content (AvgIpc) is 2.39. The zero-order valence-electron chi connectivity index (χ0n) is 9.57. The van der Waals surface area contributed by atoms with Crippen LogP contribution in [0.5, 0.6) is 0 Å². The molecule has 86 valence electrons. The molecular formula is C15H14ClN. The molecule has 1 aliphatic rings. The average molecular weight is 244 g/mol. The fourth-order valence-electron chi connectivity index (χ4n) is 2.41. The minimum Gasteiger partial charge on any atom is -0.366 e. The van der Waals surface area contributed by atoms with E-state index in [1.165, 1.54) is 11.1 Å². The van der Waals surface area contributed by atoms with Gasteiger partial charge in [0.15, 0.2) is 0 Å². The minimum atomic E-state index is 0.840. The van der Waals surface area contributed by atoms with Gasteiger partial charge in [0, 0.05) is 13.1 Å². The highest BCUT2D eigenvalue weighted by Crippen LogP contribution is 2.29. The Balaban J connectivity index is 1.92. The van der Waals surface area contributed by atoms with E-state index in [1.54, 1.807) is 0 Å². The smallest absolute Gasteiger partial charge is 0.0639 e. The lowest BCUT2D eigenvalue weighted by Gasteiger charge is -2.31. The molecule has 1 nitrogen and oxygen atoms in total. The van der Waals surface area contributed by atoms with E-state index >= 15 is 0 Å². The molecule has 0 amide bonds. The van der Waals surface area contributed by atoms with Gasteiger partial charge in [-0.05, 0) is 29.7 Å². The van der Waals surface area contributed by atoms with Crippen molar-refractivity contribution in [2.24, 2.45) is 0 Å². The van der Waals surface area contributed by atoms with Gasteiger partial charge in [-0.2, -0.15) is 0 Å². The lowest BCUT2D eigenvalue weighted by atomic mass is 9.99. The van der Waals surface area contributed by atoms with Gasteiger partial charge in [0.05, 0.1) is 10.7 Å². The second-order valence-corrected chi connectivity index (χ2v) is 4.80. The van der Waals surface area contributed by atoms with Crippen LogP contribution in [-0.4, -0.2) is 6.54 Å². The largest absolute Gasteiger partial charge is 0.366 e. The van der Waals surface area contributed by atoms with Gasteiger partial charge in [-0.3, -0.25) is 0 Å². The third-order valence-corrected chi connectivity index (χ3v) is 3.64. The summed E-state index contributed by atoms with van der Waals surface area (Å²) in [5.41, 5.74) is 4.03. The highest BCUT2D eigenvalue weighted by Gasteiger charge is 2.17. The molecular weight excluding hydrogens is 230 g/mol. The first-order valence-electron chi connectivity index (χ1n) is 5.91. The number of hydrogen-bond acceptors (Lipinski definition) is 1. The second-order valence-electron chi connectivity index (χ2n) is 4.39. The molecule has 0 atom stereocenters. The van der Waals surface area contributed by atoms with Crippen LogP contribution >= 0.6 is 11.6 Å². The predicted octanol–water partition coefficient (Wildman–Crippen LogP) is 3.90. The van der Waals surface area contributed by atoms with Gasteiger partial charge < -0.3 is 4.90 Å². The molecule has 17 heavy (non-hydrogen) atoms. The summed E-state index contributed by atoms with van der Waals surface area (Å²) in [6.45, 7) is 2.00. The second kappa shape index (κ2) is 4.42. The van der Waals surface area contributed by atoms with Crippen molar-refractivity contribution in [3.05, 3.63) is 64.7 Å². The summed E-state index contributed by atoms with van der Waals surface area (Å²) < 4.78 is 0. The number of anilines is 1. The van der Waals surface area contributed by atoms with E-state index in [1.807, 2.05) is 18.2 Å². The van der Waals surface area contributed by atoms with E-state index in [-0.39, 0.29) is 0 Å². The first-order valence-corrected chi connectivity index (χ1v) is 6.28. The first-order chi connectivity index (χ1) is 8.34. The SMILES string of the molecule is Clc1ccccc1N1CCc2ccccc2C1. The van der Waals surface area contributed by atoms with Gasteiger partial charge in [-0.15, -0.1) is 0 Å². The van der Waals surface area contributed by atoms with E-state index < -0.39 is 0 Å². The van der Waals surface area contributed by atoms with Crippen molar-refractivity contribution in [1.29, 1.82) is 0 Å². The van der Waals surface area contributed by atoms with E-state index in [9.17, 15) is 0 Å². The lowest BCUT2D eigenvalue weighted by Crippen LogP contribution is -2.30. The van der Waals surface area contributed by atoms with E-state index in [0.29, 0.717) is 0 Å². The van der Waals surface area contributed by atoms with Gasteiger partial charge in [0.2, 0.25) is 0 Å². The Morgan fingerprint density at radius 3 is 2.41 bits per heavy atom. The number of rotatable bonds is 1. The maximum Gasteiger partial charge on any atom is 0.0639 e. The predicted molar refractivity (Wildman–Crippen MR) is 72.6 cm³/mol. The van der Waals surface area contributed by atoms with Crippen molar-refractivity contribution in [3.8, 4) is 0 Å². The third-order valence-electron chi connectivity index (χ3n) is 3.32. The molecule has 2 heteroatoms. The Bertz CT molecular complexity index is 536. The number of benzene rings is 2. The molecule has 0 saturated heterocycles. The van der Waals surface area contributed by atoms with Crippen LogP contribution in [0.25, 0.3) is 0 Å². The zero-order chi connectivity index (χ0) is 11.7. The van der Waals surface area contributed by atoms with Gasteiger partial charge in [-0.25, -0.2) is 0 Å². The monoisotopic (exact) mass is 243 g/mol. The molecule has 0 fully saturated rings. The quantitative estimate of drug-likeness (QED) is 0.734. The van der Waals surface area contributed by atoms with Crippen molar-refractivity contribution in [2.45, 2.75) is 13.0 Å². The Morgan fingerprint density at radius 1 is 0.882 bits per heavy atom. The normalized spacial score (nSPS) is 14.5. The summed E-state index contributed by atoms with van der Waals surface area (Å²) in [6.07, 6.45) is 1.10. The van der Waals surface area contributed by atoms with Crippen molar-refractivity contribution in [2.75, 3.05) is 11.4 Å². The summed E-state index contributed by atoms with van der Waals surface area (Å²) in [4.78, 5) is 2.35. The third kappa shape index (κ3) is 2.03. The molecule has 0 aromatic heterocycles. The Kier molecular flexibility index (Phi) is 2.77. The van der Waals surface area contributed by atoms with Gasteiger partial charge in [0.25, 0.3) is 0 Å². The molecule has 0 radical (unpaired) electrons. The topological polar surface area (TPSA) is 3.24 Å². The van der Waals surface area contributed by atoms with Crippen molar-refractivity contribution < 1.29 is 0 Å². The molecule has 0 aliphatic carbocycles. The fourth-order valence-corrected chi connectivity index (χ4v) is 2.66. The number of fused-ring (bicyclic) bond motifs is 1. The summed E-state index contributed by atoms with van der Waals surface area (Å²) >= 11 is 6.24. The summed E-state index contributed by atoms with van der Waals surface area (Å²) in [7, 11) is 0. The fraction of sp³-hybridized carbons (Fsp3) is 0.200.